The number of aliphatic carboxylic acids is 1. The number of carboxylic acid groups (broad SMARTS) is 1. The van der Waals surface area contributed by atoms with Crippen LogP contribution in [-0.2, 0) is 14.3 Å². The van der Waals surface area contributed by atoms with Crippen LogP contribution in [0.5, 0.6) is 0 Å². The van der Waals surface area contributed by atoms with Crippen LogP contribution in [-0.4, -0.2) is 42.8 Å². The van der Waals surface area contributed by atoms with Crippen LogP contribution >= 0.6 is 0 Å². The van der Waals surface area contributed by atoms with Crippen LogP contribution in [0.15, 0.2) is 48.5 Å². The van der Waals surface area contributed by atoms with Gasteiger partial charge in [-0.2, -0.15) is 0 Å². The van der Waals surface area contributed by atoms with E-state index in [1.54, 1.807) is 0 Å². The molecule has 0 aliphatic heterocycles. The van der Waals surface area contributed by atoms with Crippen LogP contribution in [0.25, 0.3) is 11.1 Å². The normalized spacial score (nSPS) is 13.9. The van der Waals surface area contributed by atoms with E-state index in [1.165, 1.54) is 22.3 Å². The molecule has 35 heavy (non-hydrogen) atoms. The second-order valence-corrected chi connectivity index (χ2v) is 9.23. The number of carboxylic acids is 1. The van der Waals surface area contributed by atoms with Gasteiger partial charge in [-0.25, -0.2) is 4.79 Å². The van der Waals surface area contributed by atoms with Gasteiger partial charge in [-0.3, -0.25) is 9.59 Å². The Labute approximate surface area is 207 Å². The first-order valence-electron chi connectivity index (χ1n) is 12.5. The molecular weight excluding hydrogens is 444 g/mol. The number of benzene rings is 2. The van der Waals surface area contributed by atoms with E-state index in [1.807, 2.05) is 38.1 Å². The molecule has 2 aromatic carbocycles. The molecule has 0 aromatic heterocycles. The van der Waals surface area contributed by atoms with Crippen LogP contribution in [0.2, 0.25) is 0 Å². The Hall–Kier alpha value is -3.35. The third-order valence-corrected chi connectivity index (χ3v) is 6.83. The zero-order valence-corrected chi connectivity index (χ0v) is 20.6. The smallest absolute Gasteiger partial charge is 0.407 e. The molecule has 0 spiro atoms. The molecule has 3 N–H and O–H groups in total. The summed E-state index contributed by atoms with van der Waals surface area (Å²) in [5.74, 6) is -0.794. The zero-order chi connectivity index (χ0) is 25.2. The molecule has 7 heteroatoms. The number of carbonyl (C=O) groups excluding carboxylic acids is 2. The summed E-state index contributed by atoms with van der Waals surface area (Å²) in [7, 11) is 0. The topological polar surface area (TPSA) is 105 Å². The van der Waals surface area contributed by atoms with E-state index in [9.17, 15) is 14.4 Å². The fourth-order valence-corrected chi connectivity index (χ4v) is 4.63. The third kappa shape index (κ3) is 7.31. The molecule has 2 aromatic rings. The number of rotatable bonds is 13. The molecule has 1 aliphatic carbocycles. The molecule has 188 valence electrons. The minimum absolute atomic E-state index is 0.0142. The molecule has 2 atom stereocenters. The number of hydrogen-bond donors (Lipinski definition) is 3. The first-order valence-corrected chi connectivity index (χ1v) is 12.5. The molecule has 7 nitrogen and oxygen atoms in total. The van der Waals surface area contributed by atoms with Gasteiger partial charge in [0.25, 0.3) is 0 Å². The van der Waals surface area contributed by atoms with E-state index in [-0.39, 0.29) is 36.7 Å². The highest BCUT2D eigenvalue weighted by Crippen LogP contribution is 2.44. The Morgan fingerprint density at radius 1 is 0.914 bits per heavy atom. The minimum atomic E-state index is -0.787. The van der Waals surface area contributed by atoms with Gasteiger partial charge in [0.15, 0.2) is 0 Å². The van der Waals surface area contributed by atoms with Crippen LogP contribution in [0.1, 0.15) is 63.0 Å². The lowest BCUT2D eigenvalue weighted by Gasteiger charge is -2.17. The van der Waals surface area contributed by atoms with Crippen molar-refractivity contribution in [3.63, 3.8) is 0 Å². The van der Waals surface area contributed by atoms with Gasteiger partial charge in [-0.1, -0.05) is 68.8 Å². The van der Waals surface area contributed by atoms with Crippen molar-refractivity contribution in [3.05, 3.63) is 59.7 Å². The van der Waals surface area contributed by atoms with Crippen molar-refractivity contribution in [1.82, 2.24) is 10.6 Å². The third-order valence-electron chi connectivity index (χ3n) is 6.83. The highest BCUT2D eigenvalue weighted by Gasteiger charge is 2.29. The lowest BCUT2D eigenvalue weighted by molar-refractivity contribution is -0.137. The monoisotopic (exact) mass is 480 g/mol. The number of amides is 2. The average molecular weight is 481 g/mol. The standard InChI is InChI=1S/C28H36N2O5/c1-3-20(12-13-26(31)32)15-17-29-27(33)19(2)14-16-30-28(34)35-18-25-23-10-6-4-8-21(23)22-9-5-7-11-24(22)25/h4-11,19-20,25H,3,12-18H2,1-2H3,(H,29,33)(H,30,34)(H,31,32). The predicted molar refractivity (Wildman–Crippen MR) is 135 cm³/mol. The molecule has 0 saturated carbocycles. The van der Waals surface area contributed by atoms with Gasteiger partial charge in [0.1, 0.15) is 6.61 Å². The van der Waals surface area contributed by atoms with Crippen molar-refractivity contribution in [2.75, 3.05) is 19.7 Å². The van der Waals surface area contributed by atoms with Crippen molar-refractivity contribution in [2.24, 2.45) is 11.8 Å². The Morgan fingerprint density at radius 3 is 2.11 bits per heavy atom. The van der Waals surface area contributed by atoms with Crippen LogP contribution in [0, 0.1) is 11.8 Å². The molecule has 0 heterocycles. The van der Waals surface area contributed by atoms with Gasteiger partial charge in [0.05, 0.1) is 0 Å². The van der Waals surface area contributed by atoms with Gasteiger partial charge in [-0.15, -0.1) is 0 Å². The minimum Gasteiger partial charge on any atom is -0.481 e. The van der Waals surface area contributed by atoms with E-state index in [4.69, 9.17) is 9.84 Å². The maximum Gasteiger partial charge on any atom is 0.407 e. The second-order valence-electron chi connectivity index (χ2n) is 9.23. The summed E-state index contributed by atoms with van der Waals surface area (Å²) in [5.41, 5.74) is 4.70. The van der Waals surface area contributed by atoms with Gasteiger partial charge in [-0.05, 0) is 47.4 Å². The molecular formula is C28H36N2O5. The average Bonchev–Trinajstić information content (AvgIpc) is 3.18. The summed E-state index contributed by atoms with van der Waals surface area (Å²) in [5, 5.41) is 14.5. The molecule has 1 aliphatic rings. The number of carbonyl (C=O) groups is 3. The lowest BCUT2D eigenvalue weighted by Crippen LogP contribution is -2.34. The fourth-order valence-electron chi connectivity index (χ4n) is 4.63. The fraction of sp³-hybridized carbons (Fsp3) is 0.464. The quantitative estimate of drug-likeness (QED) is 0.376. The van der Waals surface area contributed by atoms with E-state index in [0.29, 0.717) is 25.9 Å². The SMILES string of the molecule is CCC(CCNC(=O)C(C)CCNC(=O)OCC1c2ccccc2-c2ccccc21)CCC(=O)O. The molecule has 0 bridgehead atoms. The Kier molecular flexibility index (Phi) is 9.70. The van der Waals surface area contributed by atoms with Crippen LogP contribution in [0.3, 0.4) is 0 Å². The maximum atomic E-state index is 12.3. The van der Waals surface area contributed by atoms with Crippen molar-refractivity contribution in [2.45, 2.75) is 51.9 Å². The summed E-state index contributed by atoms with van der Waals surface area (Å²) in [6.45, 7) is 5.00. The first-order chi connectivity index (χ1) is 16.9. The van der Waals surface area contributed by atoms with E-state index in [0.717, 1.165) is 12.8 Å². The number of alkyl carbamates (subject to hydrolysis) is 1. The highest BCUT2D eigenvalue weighted by molar-refractivity contribution is 5.79. The van der Waals surface area contributed by atoms with Gasteiger partial charge in [0.2, 0.25) is 5.91 Å². The van der Waals surface area contributed by atoms with Gasteiger partial charge >= 0.3 is 12.1 Å². The molecule has 3 rings (SSSR count). The van der Waals surface area contributed by atoms with Crippen molar-refractivity contribution < 1.29 is 24.2 Å². The summed E-state index contributed by atoms with van der Waals surface area (Å²) in [4.78, 5) is 35.4. The predicted octanol–water partition coefficient (Wildman–Crippen LogP) is 4.95. The summed E-state index contributed by atoms with van der Waals surface area (Å²) in [6.07, 6.45) is 2.46. The summed E-state index contributed by atoms with van der Waals surface area (Å²) < 4.78 is 5.53. The first kappa shape index (κ1) is 26.3. The van der Waals surface area contributed by atoms with Crippen LogP contribution in [0.4, 0.5) is 4.79 Å². The molecule has 2 unspecified atom stereocenters. The van der Waals surface area contributed by atoms with Crippen molar-refractivity contribution in [1.29, 1.82) is 0 Å². The Morgan fingerprint density at radius 2 is 1.51 bits per heavy atom. The molecule has 0 fully saturated rings. The van der Waals surface area contributed by atoms with Crippen molar-refractivity contribution in [3.8, 4) is 11.1 Å². The number of nitrogens with one attached hydrogen (secondary N) is 2. The maximum absolute atomic E-state index is 12.3. The number of fused-ring (bicyclic) bond motifs is 3. The number of ether oxygens (including phenoxy) is 1. The molecule has 0 saturated heterocycles. The van der Waals surface area contributed by atoms with Gasteiger partial charge < -0.3 is 20.5 Å². The number of hydrogen-bond acceptors (Lipinski definition) is 4. The Balaban J connectivity index is 1.36. The van der Waals surface area contributed by atoms with E-state index < -0.39 is 12.1 Å². The van der Waals surface area contributed by atoms with Crippen molar-refractivity contribution >= 4 is 18.0 Å². The van der Waals surface area contributed by atoms with Crippen LogP contribution < -0.4 is 10.6 Å². The highest BCUT2D eigenvalue weighted by atomic mass is 16.5. The van der Waals surface area contributed by atoms with E-state index in [2.05, 4.69) is 34.9 Å². The zero-order valence-electron chi connectivity index (χ0n) is 20.6. The van der Waals surface area contributed by atoms with E-state index >= 15 is 0 Å². The summed E-state index contributed by atoms with van der Waals surface area (Å²) >= 11 is 0. The largest absolute Gasteiger partial charge is 0.481 e. The second kappa shape index (κ2) is 12.9. The van der Waals surface area contributed by atoms with Gasteiger partial charge in [0, 0.05) is 31.3 Å². The molecule has 2 amide bonds. The lowest BCUT2D eigenvalue weighted by atomic mass is 9.96. The summed E-state index contributed by atoms with van der Waals surface area (Å²) in [6, 6.07) is 16.4. The molecule has 0 radical (unpaired) electrons. The Bertz CT molecular complexity index is 976.